The fourth-order valence-electron chi connectivity index (χ4n) is 3.26. The lowest BCUT2D eigenvalue weighted by Gasteiger charge is -2.10. The van der Waals surface area contributed by atoms with E-state index in [1.54, 1.807) is 6.20 Å². The SMILES string of the molecule is C=C(OCC)c1cc2c(cn1)OCCn1cc(-c3nc(C)nn3C(C)C)nc1-2. The van der Waals surface area contributed by atoms with Crippen LogP contribution >= 0.6 is 0 Å². The Morgan fingerprint density at radius 1 is 1.32 bits per heavy atom. The zero-order valence-electron chi connectivity index (χ0n) is 16.6. The molecule has 146 valence electrons. The number of fused-ring (bicyclic) bond motifs is 3. The van der Waals surface area contributed by atoms with Gasteiger partial charge in [0.05, 0.1) is 24.9 Å². The van der Waals surface area contributed by atoms with E-state index in [1.165, 1.54) is 0 Å². The van der Waals surface area contributed by atoms with Gasteiger partial charge in [-0.05, 0) is 33.8 Å². The monoisotopic (exact) mass is 380 g/mol. The van der Waals surface area contributed by atoms with Crippen LogP contribution in [0, 0.1) is 6.92 Å². The molecule has 0 N–H and O–H groups in total. The smallest absolute Gasteiger partial charge is 0.178 e. The number of hydrogen-bond donors (Lipinski definition) is 0. The van der Waals surface area contributed by atoms with Gasteiger partial charge in [0.1, 0.15) is 41.2 Å². The van der Waals surface area contributed by atoms with Gasteiger partial charge in [-0.3, -0.25) is 0 Å². The number of rotatable bonds is 5. The molecule has 1 aliphatic heterocycles. The van der Waals surface area contributed by atoms with Crippen LogP contribution in [-0.4, -0.2) is 42.5 Å². The van der Waals surface area contributed by atoms with E-state index in [-0.39, 0.29) is 6.04 Å². The molecule has 28 heavy (non-hydrogen) atoms. The highest BCUT2D eigenvalue weighted by Gasteiger charge is 2.23. The van der Waals surface area contributed by atoms with Crippen LogP contribution in [0.4, 0.5) is 0 Å². The topological polar surface area (TPSA) is 79.9 Å². The van der Waals surface area contributed by atoms with Crippen molar-refractivity contribution in [1.29, 1.82) is 0 Å². The van der Waals surface area contributed by atoms with E-state index in [0.29, 0.717) is 37.0 Å². The number of aromatic nitrogens is 6. The summed E-state index contributed by atoms with van der Waals surface area (Å²) in [6, 6.07) is 2.11. The molecule has 8 nitrogen and oxygen atoms in total. The third-order valence-corrected chi connectivity index (χ3v) is 4.53. The van der Waals surface area contributed by atoms with Gasteiger partial charge in [-0.25, -0.2) is 19.6 Å². The van der Waals surface area contributed by atoms with Crippen LogP contribution in [0.1, 0.15) is 38.3 Å². The van der Waals surface area contributed by atoms with Gasteiger partial charge in [-0.2, -0.15) is 5.10 Å². The summed E-state index contributed by atoms with van der Waals surface area (Å²) >= 11 is 0. The third kappa shape index (κ3) is 3.15. The zero-order valence-corrected chi connectivity index (χ0v) is 16.6. The Labute approximate surface area is 163 Å². The average Bonchev–Trinajstić information content (AvgIpc) is 3.22. The van der Waals surface area contributed by atoms with Gasteiger partial charge in [0.15, 0.2) is 5.82 Å². The standard InChI is InChI=1S/C20H24N6O2/c1-6-27-13(4)16-9-15-18(10-21-16)28-8-7-25-11-17(23-19(15)25)20-22-14(5)24-26(20)12(2)3/h9-12H,4,6-8H2,1-3,5H3. The highest BCUT2D eigenvalue weighted by atomic mass is 16.5. The molecule has 0 aromatic carbocycles. The maximum absolute atomic E-state index is 5.87. The molecule has 3 aromatic rings. The van der Waals surface area contributed by atoms with Crippen LogP contribution in [0.25, 0.3) is 28.7 Å². The number of imidazole rings is 1. The summed E-state index contributed by atoms with van der Waals surface area (Å²) in [4.78, 5) is 13.9. The van der Waals surface area contributed by atoms with Crippen LogP contribution < -0.4 is 4.74 Å². The largest absolute Gasteiger partial charge is 0.492 e. The van der Waals surface area contributed by atoms with E-state index in [2.05, 4.69) is 40.1 Å². The lowest BCUT2D eigenvalue weighted by Crippen LogP contribution is -2.06. The second-order valence-electron chi connectivity index (χ2n) is 6.93. The van der Waals surface area contributed by atoms with Gasteiger partial charge in [-0.1, -0.05) is 6.58 Å². The molecule has 8 heteroatoms. The van der Waals surface area contributed by atoms with Crippen molar-refractivity contribution in [1.82, 2.24) is 29.3 Å². The Balaban J connectivity index is 1.82. The van der Waals surface area contributed by atoms with Crippen LogP contribution in [-0.2, 0) is 11.3 Å². The van der Waals surface area contributed by atoms with Crippen LogP contribution in [0.5, 0.6) is 5.75 Å². The van der Waals surface area contributed by atoms with Gasteiger partial charge < -0.3 is 14.0 Å². The highest BCUT2D eigenvalue weighted by molar-refractivity contribution is 5.71. The predicted octanol–water partition coefficient (Wildman–Crippen LogP) is 3.49. The predicted molar refractivity (Wildman–Crippen MR) is 106 cm³/mol. The van der Waals surface area contributed by atoms with Crippen molar-refractivity contribution in [2.45, 2.75) is 40.3 Å². The summed E-state index contributed by atoms with van der Waals surface area (Å²) < 4.78 is 15.4. The summed E-state index contributed by atoms with van der Waals surface area (Å²) in [5.74, 6) is 3.54. The molecule has 0 spiro atoms. The number of aryl methyl sites for hydroxylation is 1. The van der Waals surface area contributed by atoms with Gasteiger partial charge >= 0.3 is 0 Å². The maximum Gasteiger partial charge on any atom is 0.178 e. The number of ether oxygens (including phenoxy) is 2. The van der Waals surface area contributed by atoms with E-state index in [0.717, 1.165) is 28.7 Å². The molecule has 0 atom stereocenters. The van der Waals surface area contributed by atoms with Gasteiger partial charge in [0, 0.05) is 12.2 Å². The van der Waals surface area contributed by atoms with Gasteiger partial charge in [-0.15, -0.1) is 0 Å². The second-order valence-corrected chi connectivity index (χ2v) is 6.93. The minimum absolute atomic E-state index is 0.193. The summed E-state index contributed by atoms with van der Waals surface area (Å²) in [7, 11) is 0. The second kappa shape index (κ2) is 7.10. The van der Waals surface area contributed by atoms with Crippen molar-refractivity contribution >= 4 is 5.76 Å². The first-order valence-electron chi connectivity index (χ1n) is 9.44. The van der Waals surface area contributed by atoms with Crippen molar-refractivity contribution in [3.8, 4) is 28.7 Å². The van der Waals surface area contributed by atoms with Crippen LogP contribution in [0.3, 0.4) is 0 Å². The molecule has 0 fully saturated rings. The quantitative estimate of drug-likeness (QED) is 0.631. The summed E-state index contributed by atoms with van der Waals surface area (Å²) in [5, 5.41) is 4.51. The first-order chi connectivity index (χ1) is 13.5. The minimum Gasteiger partial charge on any atom is -0.492 e. The molecule has 0 radical (unpaired) electrons. The lowest BCUT2D eigenvalue weighted by molar-refractivity contribution is 0.296. The average molecular weight is 380 g/mol. The fourth-order valence-corrected chi connectivity index (χ4v) is 3.26. The van der Waals surface area contributed by atoms with Crippen molar-refractivity contribution in [2.75, 3.05) is 13.2 Å². The Morgan fingerprint density at radius 2 is 2.14 bits per heavy atom. The molecule has 4 rings (SSSR count). The number of nitrogens with zero attached hydrogens (tertiary/aromatic N) is 6. The molecule has 3 aromatic heterocycles. The molecule has 1 aliphatic rings. The van der Waals surface area contributed by atoms with Crippen LogP contribution in [0.15, 0.2) is 25.0 Å². The molecular weight excluding hydrogens is 356 g/mol. The Bertz CT molecular complexity index is 1030. The Kier molecular flexibility index (Phi) is 4.62. The Hall–Kier alpha value is -3.16. The van der Waals surface area contributed by atoms with Crippen molar-refractivity contribution < 1.29 is 9.47 Å². The number of hydrogen-bond acceptors (Lipinski definition) is 6. The van der Waals surface area contributed by atoms with Crippen molar-refractivity contribution in [2.24, 2.45) is 0 Å². The first-order valence-corrected chi connectivity index (χ1v) is 9.44. The highest BCUT2D eigenvalue weighted by Crippen LogP contribution is 2.34. The van der Waals surface area contributed by atoms with E-state index in [4.69, 9.17) is 14.5 Å². The van der Waals surface area contributed by atoms with E-state index >= 15 is 0 Å². The van der Waals surface area contributed by atoms with Crippen molar-refractivity contribution in [3.63, 3.8) is 0 Å². The van der Waals surface area contributed by atoms with Gasteiger partial charge in [0.2, 0.25) is 0 Å². The summed E-state index contributed by atoms with van der Waals surface area (Å²) in [6.45, 7) is 13.7. The summed E-state index contributed by atoms with van der Waals surface area (Å²) in [5.41, 5.74) is 2.32. The normalized spacial score (nSPS) is 12.9. The minimum atomic E-state index is 0.193. The molecule has 0 amide bonds. The van der Waals surface area contributed by atoms with E-state index in [9.17, 15) is 0 Å². The number of pyridine rings is 1. The molecule has 0 bridgehead atoms. The molecular formula is C20H24N6O2. The first kappa shape index (κ1) is 18.2. The fraction of sp³-hybridized carbons (Fsp3) is 0.400. The lowest BCUT2D eigenvalue weighted by atomic mass is 10.2. The van der Waals surface area contributed by atoms with Gasteiger partial charge in [0.25, 0.3) is 0 Å². The molecule has 0 unspecified atom stereocenters. The molecule has 0 saturated carbocycles. The van der Waals surface area contributed by atoms with Crippen molar-refractivity contribution in [3.05, 3.63) is 36.6 Å². The zero-order chi connectivity index (χ0) is 19.8. The van der Waals surface area contributed by atoms with E-state index in [1.807, 2.05) is 30.8 Å². The Morgan fingerprint density at radius 3 is 2.89 bits per heavy atom. The molecule has 4 heterocycles. The van der Waals surface area contributed by atoms with Crippen LogP contribution in [0.2, 0.25) is 0 Å². The third-order valence-electron chi connectivity index (χ3n) is 4.53. The molecule has 0 saturated heterocycles. The molecule has 0 aliphatic carbocycles. The maximum atomic E-state index is 5.87. The summed E-state index contributed by atoms with van der Waals surface area (Å²) in [6.07, 6.45) is 3.72. The van der Waals surface area contributed by atoms with E-state index < -0.39 is 0 Å².